The first-order chi connectivity index (χ1) is 9.18. The molecule has 0 amide bonds. The Bertz CT molecular complexity index is 547. The summed E-state index contributed by atoms with van der Waals surface area (Å²) < 4.78 is 0. The molecule has 2 N–H and O–H groups in total. The molecule has 5 atom stereocenters. The predicted molar refractivity (Wildman–Crippen MR) is 80.6 cm³/mol. The smallest absolute Gasteiger partial charge is 0.119 e. The van der Waals surface area contributed by atoms with Crippen LogP contribution >= 0.6 is 0 Å². The average molecular weight is 274 g/mol. The van der Waals surface area contributed by atoms with Crippen LogP contribution in [0.4, 0.5) is 0 Å². The second-order valence-corrected chi connectivity index (χ2v) is 7.87. The minimum atomic E-state index is -0.319. The van der Waals surface area contributed by atoms with Crippen molar-refractivity contribution in [2.75, 3.05) is 0 Å². The molecule has 0 heterocycles. The van der Waals surface area contributed by atoms with E-state index in [1.165, 1.54) is 0 Å². The van der Waals surface area contributed by atoms with E-state index in [1.807, 2.05) is 18.2 Å². The van der Waals surface area contributed by atoms with Crippen molar-refractivity contribution in [1.82, 2.24) is 0 Å². The molecule has 0 aromatic heterocycles. The molecule has 1 aromatic rings. The predicted octanol–water partition coefficient (Wildman–Crippen LogP) is 3.93. The summed E-state index contributed by atoms with van der Waals surface area (Å²) in [5.74, 6) is 0.880. The summed E-state index contributed by atoms with van der Waals surface area (Å²) in [4.78, 5) is 0. The average Bonchev–Trinajstić information content (AvgIpc) is 2.61. The molecule has 2 unspecified atom stereocenters. The summed E-state index contributed by atoms with van der Waals surface area (Å²) in [6.45, 7) is 11.3. The normalized spacial score (nSPS) is 45.8. The maximum absolute atomic E-state index is 10.9. The van der Waals surface area contributed by atoms with Gasteiger partial charge in [0, 0.05) is 5.41 Å². The minimum absolute atomic E-state index is 0.0474. The van der Waals surface area contributed by atoms with Crippen LogP contribution in [0.5, 0.6) is 5.75 Å². The van der Waals surface area contributed by atoms with Crippen LogP contribution in [0.2, 0.25) is 0 Å². The summed E-state index contributed by atoms with van der Waals surface area (Å²) in [7, 11) is 0. The number of fused-ring (bicyclic) bond motifs is 2. The Morgan fingerprint density at radius 2 is 1.70 bits per heavy atom. The third kappa shape index (κ3) is 1.25. The van der Waals surface area contributed by atoms with E-state index in [-0.39, 0.29) is 28.3 Å². The number of aliphatic hydroxyl groups is 1. The molecular formula is C18H26O2. The second-order valence-electron chi connectivity index (χ2n) is 7.87. The standard InChI is InChI=1S/C18H26O2/c1-11-15(20)18(5)13(10-17(11,4)16(18,2)3)12-8-6-7-9-14(12)19/h6-9,11,13,15,19-20H,10H2,1-5H3/t11?,13?,15-,17-,18+/m1/s1. The molecule has 0 saturated heterocycles. The Morgan fingerprint density at radius 3 is 2.20 bits per heavy atom. The van der Waals surface area contributed by atoms with Crippen LogP contribution in [0, 0.1) is 22.2 Å². The minimum Gasteiger partial charge on any atom is -0.508 e. The van der Waals surface area contributed by atoms with E-state index in [9.17, 15) is 10.2 Å². The van der Waals surface area contributed by atoms with Gasteiger partial charge in [-0.3, -0.25) is 0 Å². The number of rotatable bonds is 1. The van der Waals surface area contributed by atoms with Gasteiger partial charge >= 0.3 is 0 Å². The zero-order chi connectivity index (χ0) is 14.9. The molecule has 1 aromatic carbocycles. The van der Waals surface area contributed by atoms with E-state index in [0.29, 0.717) is 11.7 Å². The fourth-order valence-corrected chi connectivity index (χ4v) is 5.36. The first-order valence-electron chi connectivity index (χ1n) is 7.64. The first kappa shape index (κ1) is 13.9. The Labute approximate surface area is 121 Å². The topological polar surface area (TPSA) is 40.5 Å². The monoisotopic (exact) mass is 274 g/mol. The summed E-state index contributed by atoms with van der Waals surface area (Å²) in [5, 5.41) is 21.1. The van der Waals surface area contributed by atoms with Crippen LogP contribution in [0.1, 0.15) is 52.5 Å². The number of phenolic OH excluding ortho intramolecular Hbond substituents is 1. The van der Waals surface area contributed by atoms with Gasteiger partial charge in [0.15, 0.2) is 0 Å². The molecule has 2 fully saturated rings. The zero-order valence-electron chi connectivity index (χ0n) is 13.1. The zero-order valence-corrected chi connectivity index (χ0v) is 13.1. The lowest BCUT2D eigenvalue weighted by Gasteiger charge is -2.43. The Hall–Kier alpha value is -1.02. The molecular weight excluding hydrogens is 248 g/mol. The molecule has 0 radical (unpaired) electrons. The van der Waals surface area contributed by atoms with E-state index >= 15 is 0 Å². The third-order valence-corrected chi connectivity index (χ3v) is 7.53. The van der Waals surface area contributed by atoms with E-state index in [1.54, 1.807) is 6.07 Å². The van der Waals surface area contributed by atoms with Crippen molar-refractivity contribution < 1.29 is 10.2 Å². The van der Waals surface area contributed by atoms with Gasteiger partial charge in [0.2, 0.25) is 0 Å². The fourth-order valence-electron chi connectivity index (χ4n) is 5.36. The van der Waals surface area contributed by atoms with E-state index < -0.39 is 0 Å². The lowest BCUT2D eigenvalue weighted by atomic mass is 9.62. The maximum atomic E-state index is 10.9. The highest BCUT2D eigenvalue weighted by Crippen LogP contribution is 2.78. The summed E-state index contributed by atoms with van der Waals surface area (Å²) in [6.07, 6.45) is 0.715. The number of aromatic hydroxyl groups is 1. The lowest BCUT2D eigenvalue weighted by Crippen LogP contribution is -2.42. The first-order valence-corrected chi connectivity index (χ1v) is 7.64. The number of hydrogen-bond acceptors (Lipinski definition) is 2. The quantitative estimate of drug-likeness (QED) is 0.814. The molecule has 2 nitrogen and oxygen atoms in total. The van der Waals surface area contributed by atoms with Crippen LogP contribution in [-0.2, 0) is 0 Å². The molecule has 2 aliphatic rings. The summed E-state index contributed by atoms with van der Waals surface area (Å²) in [6, 6.07) is 7.62. The molecule has 20 heavy (non-hydrogen) atoms. The Kier molecular flexibility index (Phi) is 2.64. The molecule has 2 heteroatoms. The van der Waals surface area contributed by atoms with Gasteiger partial charge in [-0.05, 0) is 40.7 Å². The molecule has 2 saturated carbocycles. The van der Waals surface area contributed by atoms with Crippen molar-refractivity contribution in [1.29, 1.82) is 0 Å². The van der Waals surface area contributed by atoms with Crippen LogP contribution in [0.15, 0.2) is 24.3 Å². The maximum Gasteiger partial charge on any atom is 0.119 e. The number of benzene rings is 1. The third-order valence-electron chi connectivity index (χ3n) is 7.53. The molecule has 110 valence electrons. The Balaban J connectivity index is 2.17. The van der Waals surface area contributed by atoms with Crippen LogP contribution < -0.4 is 0 Å². The van der Waals surface area contributed by atoms with Gasteiger partial charge < -0.3 is 10.2 Å². The van der Waals surface area contributed by atoms with E-state index in [2.05, 4.69) is 34.6 Å². The van der Waals surface area contributed by atoms with Crippen molar-refractivity contribution in [3.63, 3.8) is 0 Å². The molecule has 3 rings (SSSR count). The van der Waals surface area contributed by atoms with E-state index in [0.717, 1.165) is 12.0 Å². The van der Waals surface area contributed by atoms with Gasteiger partial charge in [-0.15, -0.1) is 0 Å². The number of aliphatic hydroxyl groups excluding tert-OH is 1. The van der Waals surface area contributed by atoms with Gasteiger partial charge in [0.1, 0.15) is 5.75 Å². The highest BCUT2D eigenvalue weighted by atomic mass is 16.3. The van der Waals surface area contributed by atoms with Gasteiger partial charge in [0.05, 0.1) is 6.10 Å². The second kappa shape index (κ2) is 3.79. The Morgan fingerprint density at radius 1 is 1.10 bits per heavy atom. The van der Waals surface area contributed by atoms with Gasteiger partial charge in [0.25, 0.3) is 0 Å². The van der Waals surface area contributed by atoms with Crippen LogP contribution in [-0.4, -0.2) is 16.3 Å². The van der Waals surface area contributed by atoms with Crippen molar-refractivity contribution in [2.45, 2.75) is 53.1 Å². The highest BCUT2D eigenvalue weighted by Gasteiger charge is 2.74. The van der Waals surface area contributed by atoms with Crippen molar-refractivity contribution >= 4 is 0 Å². The lowest BCUT2D eigenvalue weighted by molar-refractivity contribution is -0.0224. The van der Waals surface area contributed by atoms with Crippen molar-refractivity contribution in [3.05, 3.63) is 29.8 Å². The summed E-state index contributed by atoms with van der Waals surface area (Å²) in [5.41, 5.74) is 0.956. The molecule has 2 bridgehead atoms. The number of para-hydroxylation sites is 1. The molecule has 0 aliphatic heterocycles. The number of phenols is 1. The van der Waals surface area contributed by atoms with Crippen molar-refractivity contribution in [3.8, 4) is 5.75 Å². The van der Waals surface area contributed by atoms with Crippen LogP contribution in [0.25, 0.3) is 0 Å². The molecule has 0 spiro atoms. The SMILES string of the molecule is CC1[C@@H](O)[C@]2(C)C(c3ccccc3O)C[C@@]1(C)C2(C)C. The largest absolute Gasteiger partial charge is 0.508 e. The van der Waals surface area contributed by atoms with Gasteiger partial charge in [-0.2, -0.15) is 0 Å². The van der Waals surface area contributed by atoms with Crippen LogP contribution in [0.3, 0.4) is 0 Å². The van der Waals surface area contributed by atoms with Crippen molar-refractivity contribution in [2.24, 2.45) is 22.2 Å². The van der Waals surface area contributed by atoms with Gasteiger partial charge in [-0.1, -0.05) is 52.8 Å². The van der Waals surface area contributed by atoms with Gasteiger partial charge in [-0.25, -0.2) is 0 Å². The summed E-state index contributed by atoms with van der Waals surface area (Å²) >= 11 is 0. The number of hydrogen-bond donors (Lipinski definition) is 2. The highest BCUT2D eigenvalue weighted by molar-refractivity contribution is 5.41. The fraction of sp³-hybridized carbons (Fsp3) is 0.667. The van der Waals surface area contributed by atoms with E-state index in [4.69, 9.17) is 0 Å². The molecule has 2 aliphatic carbocycles.